The van der Waals surface area contributed by atoms with Crippen molar-refractivity contribution < 1.29 is 4.74 Å². The summed E-state index contributed by atoms with van der Waals surface area (Å²) in [6, 6.07) is 13.8. The van der Waals surface area contributed by atoms with Crippen LogP contribution >= 0.6 is 23.2 Å². The molecule has 0 fully saturated rings. The smallest absolute Gasteiger partial charge is 0.119 e. The summed E-state index contributed by atoms with van der Waals surface area (Å²) in [5, 5.41) is 4.76. The number of nitrogens with one attached hydrogen (secondary N) is 1. The summed E-state index contributed by atoms with van der Waals surface area (Å²) in [7, 11) is 1.67. The number of benzene rings is 2. The fourth-order valence-corrected chi connectivity index (χ4v) is 2.58. The van der Waals surface area contributed by atoms with Crippen LogP contribution in [0.5, 0.6) is 5.75 Å². The molecule has 1 N–H and O–H groups in total. The molecule has 0 bridgehead atoms. The highest BCUT2D eigenvalue weighted by Crippen LogP contribution is 2.21. The van der Waals surface area contributed by atoms with E-state index < -0.39 is 0 Å². The Morgan fingerprint density at radius 1 is 1.10 bits per heavy atom. The van der Waals surface area contributed by atoms with Gasteiger partial charge >= 0.3 is 0 Å². The van der Waals surface area contributed by atoms with Gasteiger partial charge in [0.25, 0.3) is 0 Å². The van der Waals surface area contributed by atoms with E-state index >= 15 is 0 Å². The van der Waals surface area contributed by atoms with Gasteiger partial charge in [-0.3, -0.25) is 0 Å². The summed E-state index contributed by atoms with van der Waals surface area (Å²) in [6.45, 7) is 2.82. The molecule has 0 saturated heterocycles. The second-order valence-corrected chi connectivity index (χ2v) is 5.53. The molecular weight excluding hydrogens is 293 g/mol. The van der Waals surface area contributed by atoms with E-state index in [1.54, 1.807) is 13.2 Å². The first-order chi connectivity index (χ1) is 9.58. The highest BCUT2D eigenvalue weighted by Gasteiger charge is 2.06. The standard InChI is InChI=1S/C16H17Cl2NO/c1-11(13-4-3-5-16(8-13)20-2)19-10-12-6-14(17)9-15(18)7-12/h3-9,11,19H,10H2,1-2H3. The Hall–Kier alpha value is -1.22. The van der Waals surface area contributed by atoms with Crippen LogP contribution in [0, 0.1) is 0 Å². The van der Waals surface area contributed by atoms with E-state index in [9.17, 15) is 0 Å². The summed E-state index contributed by atoms with van der Waals surface area (Å²) in [6.07, 6.45) is 0. The van der Waals surface area contributed by atoms with E-state index in [1.165, 1.54) is 5.56 Å². The van der Waals surface area contributed by atoms with E-state index in [-0.39, 0.29) is 6.04 Å². The largest absolute Gasteiger partial charge is 0.497 e. The normalized spacial score (nSPS) is 12.2. The molecule has 0 spiro atoms. The molecule has 0 radical (unpaired) electrons. The van der Waals surface area contributed by atoms with Crippen LogP contribution in [0.2, 0.25) is 10.0 Å². The second kappa shape index (κ2) is 6.98. The Kier molecular flexibility index (Phi) is 5.30. The molecule has 2 aromatic carbocycles. The Balaban J connectivity index is 2.02. The van der Waals surface area contributed by atoms with Crippen molar-refractivity contribution in [2.45, 2.75) is 19.5 Å². The molecule has 0 saturated carbocycles. The van der Waals surface area contributed by atoms with Gasteiger partial charge in [-0.05, 0) is 48.4 Å². The molecule has 2 nitrogen and oxygen atoms in total. The number of ether oxygens (including phenoxy) is 1. The maximum Gasteiger partial charge on any atom is 0.119 e. The molecule has 0 aromatic heterocycles. The number of hydrogen-bond acceptors (Lipinski definition) is 2. The molecule has 1 unspecified atom stereocenters. The van der Waals surface area contributed by atoms with Crippen LogP contribution < -0.4 is 10.1 Å². The maximum absolute atomic E-state index is 5.99. The third kappa shape index (κ3) is 4.14. The Morgan fingerprint density at radius 2 is 1.80 bits per heavy atom. The molecule has 4 heteroatoms. The Bertz CT molecular complexity index is 566. The van der Waals surface area contributed by atoms with E-state index in [1.807, 2.05) is 30.3 Å². The van der Waals surface area contributed by atoms with Gasteiger partial charge in [0.05, 0.1) is 7.11 Å². The lowest BCUT2D eigenvalue weighted by Gasteiger charge is -2.15. The summed E-state index contributed by atoms with van der Waals surface area (Å²) < 4.78 is 5.24. The van der Waals surface area contributed by atoms with Gasteiger partial charge in [-0.15, -0.1) is 0 Å². The zero-order valence-corrected chi connectivity index (χ0v) is 13.0. The Morgan fingerprint density at radius 3 is 2.45 bits per heavy atom. The Labute approximate surface area is 129 Å². The molecule has 0 aliphatic heterocycles. The van der Waals surface area contributed by atoms with Crippen molar-refractivity contribution in [2.75, 3.05) is 7.11 Å². The van der Waals surface area contributed by atoms with Crippen molar-refractivity contribution in [1.29, 1.82) is 0 Å². The third-order valence-electron chi connectivity index (χ3n) is 3.13. The van der Waals surface area contributed by atoms with Crippen molar-refractivity contribution >= 4 is 23.2 Å². The highest BCUT2D eigenvalue weighted by atomic mass is 35.5. The second-order valence-electron chi connectivity index (χ2n) is 4.66. The van der Waals surface area contributed by atoms with Crippen LogP contribution in [-0.4, -0.2) is 7.11 Å². The van der Waals surface area contributed by atoms with Crippen molar-refractivity contribution in [3.05, 3.63) is 63.6 Å². The van der Waals surface area contributed by atoms with Gasteiger partial charge in [-0.2, -0.15) is 0 Å². The summed E-state index contributed by atoms with van der Waals surface area (Å²) >= 11 is 12.0. The maximum atomic E-state index is 5.99. The topological polar surface area (TPSA) is 21.3 Å². The fourth-order valence-electron chi connectivity index (χ4n) is 2.01. The van der Waals surface area contributed by atoms with Crippen LogP contribution in [0.4, 0.5) is 0 Å². The van der Waals surface area contributed by atoms with Crippen LogP contribution in [0.25, 0.3) is 0 Å². The van der Waals surface area contributed by atoms with Crippen LogP contribution in [-0.2, 0) is 6.54 Å². The first-order valence-corrected chi connectivity index (χ1v) is 7.16. The van der Waals surface area contributed by atoms with Gasteiger partial charge in [0.1, 0.15) is 5.75 Å². The minimum absolute atomic E-state index is 0.211. The third-order valence-corrected chi connectivity index (χ3v) is 3.56. The lowest BCUT2D eigenvalue weighted by atomic mass is 10.1. The van der Waals surface area contributed by atoms with E-state index in [4.69, 9.17) is 27.9 Å². The molecule has 20 heavy (non-hydrogen) atoms. The minimum Gasteiger partial charge on any atom is -0.497 e. The van der Waals surface area contributed by atoms with Crippen molar-refractivity contribution in [2.24, 2.45) is 0 Å². The number of methoxy groups -OCH3 is 1. The molecule has 0 heterocycles. The van der Waals surface area contributed by atoms with Gasteiger partial charge in [0.2, 0.25) is 0 Å². The van der Waals surface area contributed by atoms with Gasteiger partial charge in [0.15, 0.2) is 0 Å². The van der Waals surface area contributed by atoms with Gasteiger partial charge in [-0.1, -0.05) is 35.3 Å². The van der Waals surface area contributed by atoms with Gasteiger partial charge in [-0.25, -0.2) is 0 Å². The summed E-state index contributed by atoms with van der Waals surface area (Å²) in [5.41, 5.74) is 2.25. The monoisotopic (exact) mass is 309 g/mol. The molecule has 0 aliphatic carbocycles. The van der Waals surface area contributed by atoms with Crippen molar-refractivity contribution in [3.8, 4) is 5.75 Å². The highest BCUT2D eigenvalue weighted by molar-refractivity contribution is 6.34. The number of rotatable bonds is 5. The predicted molar refractivity (Wildman–Crippen MR) is 84.7 cm³/mol. The molecular formula is C16H17Cl2NO. The molecule has 0 amide bonds. The lowest BCUT2D eigenvalue weighted by molar-refractivity contribution is 0.413. The average molecular weight is 310 g/mol. The van der Waals surface area contributed by atoms with E-state index in [2.05, 4.69) is 18.3 Å². The van der Waals surface area contributed by atoms with Crippen molar-refractivity contribution in [3.63, 3.8) is 0 Å². The van der Waals surface area contributed by atoms with E-state index in [0.717, 1.165) is 11.3 Å². The molecule has 106 valence electrons. The molecule has 0 aliphatic rings. The quantitative estimate of drug-likeness (QED) is 0.852. The first kappa shape index (κ1) is 15.2. The van der Waals surface area contributed by atoms with Gasteiger partial charge in [0, 0.05) is 22.6 Å². The lowest BCUT2D eigenvalue weighted by Crippen LogP contribution is -2.18. The number of halogens is 2. The van der Waals surface area contributed by atoms with Crippen LogP contribution in [0.1, 0.15) is 24.1 Å². The van der Waals surface area contributed by atoms with Crippen molar-refractivity contribution in [1.82, 2.24) is 5.32 Å². The fraction of sp³-hybridized carbons (Fsp3) is 0.250. The minimum atomic E-state index is 0.211. The average Bonchev–Trinajstić information content (AvgIpc) is 2.44. The SMILES string of the molecule is COc1cccc(C(C)NCc2cc(Cl)cc(Cl)c2)c1. The molecule has 1 atom stereocenters. The molecule has 2 aromatic rings. The zero-order chi connectivity index (χ0) is 14.5. The first-order valence-electron chi connectivity index (χ1n) is 6.41. The zero-order valence-electron chi connectivity index (χ0n) is 11.5. The predicted octanol–water partition coefficient (Wildman–Crippen LogP) is 4.85. The van der Waals surface area contributed by atoms with Crippen LogP contribution in [0.15, 0.2) is 42.5 Å². The molecule has 2 rings (SSSR count). The summed E-state index contributed by atoms with van der Waals surface area (Å²) in [4.78, 5) is 0. The summed E-state index contributed by atoms with van der Waals surface area (Å²) in [5.74, 6) is 0.863. The van der Waals surface area contributed by atoms with E-state index in [0.29, 0.717) is 16.6 Å². The van der Waals surface area contributed by atoms with Gasteiger partial charge < -0.3 is 10.1 Å². The van der Waals surface area contributed by atoms with Crippen LogP contribution in [0.3, 0.4) is 0 Å². The number of hydrogen-bond donors (Lipinski definition) is 1.